The van der Waals surface area contributed by atoms with Crippen molar-refractivity contribution in [1.82, 2.24) is 10.2 Å². The third-order valence-corrected chi connectivity index (χ3v) is 6.35. The van der Waals surface area contributed by atoms with Gasteiger partial charge in [-0.3, -0.25) is 9.79 Å². The van der Waals surface area contributed by atoms with E-state index < -0.39 is 0 Å². The second-order valence-corrected chi connectivity index (χ2v) is 8.08. The maximum absolute atomic E-state index is 11.8. The normalized spacial score (nSPS) is 19.3. The first-order valence-corrected chi connectivity index (χ1v) is 10.9. The summed E-state index contributed by atoms with van der Waals surface area (Å²) < 4.78 is 15.9. The molecule has 31 heavy (non-hydrogen) atoms. The highest BCUT2D eigenvalue weighted by molar-refractivity contribution is 14.0. The van der Waals surface area contributed by atoms with Gasteiger partial charge in [-0.15, -0.1) is 24.0 Å². The van der Waals surface area contributed by atoms with Crippen LogP contribution in [0.3, 0.4) is 0 Å². The van der Waals surface area contributed by atoms with Crippen molar-refractivity contribution in [1.29, 1.82) is 0 Å². The summed E-state index contributed by atoms with van der Waals surface area (Å²) in [6, 6.07) is 8.38. The van der Waals surface area contributed by atoms with E-state index in [2.05, 4.69) is 29.3 Å². The van der Waals surface area contributed by atoms with Gasteiger partial charge in [0.05, 0.1) is 26.7 Å². The van der Waals surface area contributed by atoms with E-state index in [1.165, 1.54) is 12.7 Å². The van der Waals surface area contributed by atoms with Crippen LogP contribution in [0.15, 0.2) is 29.3 Å². The van der Waals surface area contributed by atoms with Crippen LogP contribution in [-0.4, -0.2) is 70.4 Å². The van der Waals surface area contributed by atoms with Crippen LogP contribution >= 0.6 is 24.0 Å². The number of rotatable bonds is 6. The number of likely N-dealkylation sites (tertiary alicyclic amines) is 1. The van der Waals surface area contributed by atoms with E-state index in [0.717, 1.165) is 70.2 Å². The quantitative estimate of drug-likeness (QED) is 0.256. The zero-order valence-corrected chi connectivity index (χ0v) is 21.2. The summed E-state index contributed by atoms with van der Waals surface area (Å²) in [4.78, 5) is 19.2. The summed E-state index contributed by atoms with van der Waals surface area (Å²) in [5, 5.41) is 3.45. The van der Waals surface area contributed by atoms with Crippen LogP contribution < -0.4 is 10.1 Å². The number of benzene rings is 1. The first-order chi connectivity index (χ1) is 14.6. The van der Waals surface area contributed by atoms with Crippen molar-refractivity contribution in [2.45, 2.75) is 38.0 Å². The number of ether oxygens (including phenoxy) is 3. The number of nitrogens with one attached hydrogen (secondary N) is 1. The molecule has 0 bridgehead atoms. The topological polar surface area (TPSA) is 72.4 Å². The lowest BCUT2D eigenvalue weighted by molar-refractivity contribution is -0.146. The van der Waals surface area contributed by atoms with Gasteiger partial charge in [0.25, 0.3) is 0 Å². The summed E-state index contributed by atoms with van der Waals surface area (Å²) in [5.74, 6) is 1.69. The number of carbonyl (C=O) groups is 1. The number of hydrogen-bond acceptors (Lipinski definition) is 5. The van der Waals surface area contributed by atoms with Gasteiger partial charge in [0.1, 0.15) is 5.75 Å². The largest absolute Gasteiger partial charge is 0.497 e. The fraction of sp³-hybridized carbons (Fsp3) is 0.652. The molecule has 0 atom stereocenters. The third-order valence-electron chi connectivity index (χ3n) is 6.35. The lowest BCUT2D eigenvalue weighted by Crippen LogP contribution is -2.47. The molecule has 0 unspecified atom stereocenters. The number of nitrogens with zero attached hydrogens (tertiary/aromatic N) is 2. The van der Waals surface area contributed by atoms with Gasteiger partial charge in [0.15, 0.2) is 5.96 Å². The first kappa shape index (κ1) is 25.7. The standard InChI is InChI=1S/C23H35N3O4.HI/c1-4-24-22(26-13-9-18(10-14-26)21(27)29-3)25-17-23(11-15-30-16-12-23)19-5-7-20(28-2)8-6-19;/h5-8,18H,4,9-17H2,1-3H3,(H,24,25);1H. The van der Waals surface area contributed by atoms with E-state index in [1.807, 2.05) is 12.1 Å². The molecule has 8 heteroatoms. The van der Waals surface area contributed by atoms with Gasteiger partial charge in [-0.2, -0.15) is 0 Å². The minimum absolute atomic E-state index is 0. The Morgan fingerprint density at radius 2 is 1.84 bits per heavy atom. The Labute approximate surface area is 202 Å². The number of hydrogen-bond donors (Lipinski definition) is 1. The Morgan fingerprint density at radius 1 is 1.19 bits per heavy atom. The second-order valence-electron chi connectivity index (χ2n) is 8.08. The molecule has 0 saturated carbocycles. The van der Waals surface area contributed by atoms with Crippen molar-refractivity contribution in [3.8, 4) is 5.75 Å². The molecular weight excluding hydrogens is 509 g/mol. The molecule has 1 aromatic carbocycles. The van der Waals surface area contributed by atoms with E-state index in [4.69, 9.17) is 19.2 Å². The molecule has 0 aliphatic carbocycles. The van der Waals surface area contributed by atoms with Crippen molar-refractivity contribution in [2.24, 2.45) is 10.9 Å². The van der Waals surface area contributed by atoms with Gasteiger partial charge in [-0.05, 0) is 50.3 Å². The zero-order chi connectivity index (χ0) is 21.4. The third kappa shape index (κ3) is 6.47. The summed E-state index contributed by atoms with van der Waals surface area (Å²) in [7, 11) is 3.16. The van der Waals surface area contributed by atoms with E-state index in [9.17, 15) is 4.79 Å². The molecule has 1 aromatic rings. The number of halogens is 1. The summed E-state index contributed by atoms with van der Waals surface area (Å²) in [6.45, 7) is 6.74. The molecule has 2 aliphatic rings. The predicted octanol–water partition coefficient (Wildman–Crippen LogP) is 3.21. The second kappa shape index (κ2) is 12.5. The number of aliphatic imine (C=N–C) groups is 1. The van der Waals surface area contributed by atoms with E-state index in [1.54, 1.807) is 7.11 Å². The van der Waals surface area contributed by atoms with Crippen LogP contribution in [0.1, 0.15) is 38.2 Å². The molecule has 174 valence electrons. The van der Waals surface area contributed by atoms with E-state index >= 15 is 0 Å². The molecule has 0 amide bonds. The molecule has 7 nitrogen and oxygen atoms in total. The smallest absolute Gasteiger partial charge is 0.308 e. The van der Waals surface area contributed by atoms with E-state index in [0.29, 0.717) is 6.54 Å². The average molecular weight is 545 g/mol. The van der Waals surface area contributed by atoms with Crippen molar-refractivity contribution in [3.05, 3.63) is 29.8 Å². The summed E-state index contributed by atoms with van der Waals surface area (Å²) in [5.41, 5.74) is 1.26. The highest BCUT2D eigenvalue weighted by Crippen LogP contribution is 2.36. The average Bonchev–Trinajstić information content (AvgIpc) is 2.82. The van der Waals surface area contributed by atoms with Crippen molar-refractivity contribution in [2.75, 3.05) is 53.6 Å². The van der Waals surface area contributed by atoms with Crippen LogP contribution in [0.25, 0.3) is 0 Å². The SMILES string of the molecule is CCNC(=NCC1(c2ccc(OC)cc2)CCOCC1)N1CCC(C(=O)OC)CC1.I. The highest BCUT2D eigenvalue weighted by Gasteiger charge is 2.35. The van der Waals surface area contributed by atoms with Crippen molar-refractivity contribution in [3.63, 3.8) is 0 Å². The van der Waals surface area contributed by atoms with Gasteiger partial charge in [-0.1, -0.05) is 12.1 Å². The molecule has 0 radical (unpaired) electrons. The fourth-order valence-corrected chi connectivity index (χ4v) is 4.39. The number of piperidine rings is 1. The lowest BCUT2D eigenvalue weighted by Gasteiger charge is -2.38. The van der Waals surface area contributed by atoms with Crippen LogP contribution in [0, 0.1) is 5.92 Å². The summed E-state index contributed by atoms with van der Waals surface area (Å²) >= 11 is 0. The molecule has 2 heterocycles. The van der Waals surface area contributed by atoms with Gasteiger partial charge in [0.2, 0.25) is 0 Å². The Hall–Kier alpha value is -1.55. The Morgan fingerprint density at radius 3 is 2.39 bits per heavy atom. The van der Waals surface area contributed by atoms with Crippen LogP contribution in [-0.2, 0) is 19.7 Å². The fourth-order valence-electron chi connectivity index (χ4n) is 4.39. The summed E-state index contributed by atoms with van der Waals surface area (Å²) in [6.07, 6.45) is 3.50. The Kier molecular flexibility index (Phi) is 10.3. The monoisotopic (exact) mass is 545 g/mol. The molecule has 1 N–H and O–H groups in total. The number of guanidine groups is 1. The van der Waals surface area contributed by atoms with Gasteiger partial charge in [0, 0.05) is 38.3 Å². The van der Waals surface area contributed by atoms with Crippen molar-refractivity contribution < 1.29 is 19.0 Å². The van der Waals surface area contributed by atoms with Crippen molar-refractivity contribution >= 4 is 35.9 Å². The van der Waals surface area contributed by atoms with Gasteiger partial charge in [-0.25, -0.2) is 0 Å². The molecule has 0 aromatic heterocycles. The maximum atomic E-state index is 11.8. The Bertz CT molecular complexity index is 712. The number of carbonyl (C=O) groups excluding carboxylic acids is 1. The molecular formula is C23H36IN3O4. The predicted molar refractivity (Wildman–Crippen MR) is 132 cm³/mol. The molecule has 3 rings (SSSR count). The minimum Gasteiger partial charge on any atom is -0.497 e. The minimum atomic E-state index is -0.0998. The molecule has 2 saturated heterocycles. The lowest BCUT2D eigenvalue weighted by atomic mass is 9.74. The van der Waals surface area contributed by atoms with Crippen LogP contribution in [0.2, 0.25) is 0 Å². The molecule has 0 spiro atoms. The van der Waals surface area contributed by atoms with Crippen LogP contribution in [0.4, 0.5) is 0 Å². The zero-order valence-electron chi connectivity index (χ0n) is 18.9. The maximum Gasteiger partial charge on any atom is 0.308 e. The van der Waals surface area contributed by atoms with E-state index in [-0.39, 0.29) is 41.3 Å². The Balaban J connectivity index is 0.00000341. The highest BCUT2D eigenvalue weighted by atomic mass is 127. The van der Waals surface area contributed by atoms with Gasteiger partial charge < -0.3 is 24.4 Å². The number of methoxy groups -OCH3 is 2. The molecule has 2 aliphatic heterocycles. The number of esters is 1. The molecule has 2 fully saturated rings. The van der Waals surface area contributed by atoms with Gasteiger partial charge >= 0.3 is 5.97 Å². The van der Waals surface area contributed by atoms with Crippen LogP contribution in [0.5, 0.6) is 5.75 Å². The first-order valence-electron chi connectivity index (χ1n) is 10.9.